The van der Waals surface area contributed by atoms with Gasteiger partial charge in [-0.25, -0.2) is 0 Å². The minimum Gasteiger partial charge on any atom is -0.339 e. The van der Waals surface area contributed by atoms with Gasteiger partial charge in [-0.05, 0) is 30.9 Å². The summed E-state index contributed by atoms with van der Waals surface area (Å²) in [6.45, 7) is 4.16. The first-order valence-electron chi connectivity index (χ1n) is 7.29. The minimum absolute atomic E-state index is 0.541. The molecule has 1 fully saturated rings. The molecule has 1 N–H and O–H groups in total. The van der Waals surface area contributed by atoms with Crippen LogP contribution in [0.3, 0.4) is 0 Å². The number of halogens is 2. The van der Waals surface area contributed by atoms with E-state index < -0.39 is 0 Å². The van der Waals surface area contributed by atoms with E-state index in [0.717, 1.165) is 19.5 Å². The highest BCUT2D eigenvalue weighted by atomic mass is 35.5. The average molecular weight is 338 g/mol. The van der Waals surface area contributed by atoms with Gasteiger partial charge in [0.05, 0.1) is 21.9 Å². The lowest BCUT2D eigenvalue weighted by Crippen LogP contribution is -2.35. The third kappa shape index (κ3) is 3.42. The Morgan fingerprint density at radius 2 is 2.05 bits per heavy atom. The van der Waals surface area contributed by atoms with Gasteiger partial charge in [0, 0.05) is 13.1 Å². The Kier molecular flexibility index (Phi) is 4.64. The summed E-state index contributed by atoms with van der Waals surface area (Å²) in [7, 11) is 0. The highest BCUT2D eigenvalue weighted by Gasteiger charge is 2.19. The van der Waals surface area contributed by atoms with Crippen LogP contribution in [0.4, 0.5) is 17.5 Å². The molecular formula is C15H17Cl2N5. The fraction of sp³-hybridized carbons (Fsp3) is 0.400. The van der Waals surface area contributed by atoms with Gasteiger partial charge in [0.2, 0.25) is 5.95 Å². The van der Waals surface area contributed by atoms with Crippen LogP contribution in [0.1, 0.15) is 19.8 Å². The Hall–Kier alpha value is -1.59. The molecule has 7 heteroatoms. The molecule has 0 spiro atoms. The van der Waals surface area contributed by atoms with E-state index in [0.29, 0.717) is 33.4 Å². The van der Waals surface area contributed by atoms with Crippen molar-refractivity contribution in [2.75, 3.05) is 23.3 Å². The monoisotopic (exact) mass is 337 g/mol. The highest BCUT2D eigenvalue weighted by molar-refractivity contribution is 6.39. The molecule has 0 bridgehead atoms. The Bertz CT molecular complexity index is 644. The molecular weight excluding hydrogens is 321 g/mol. The third-order valence-electron chi connectivity index (χ3n) is 3.70. The minimum atomic E-state index is 0.541. The fourth-order valence-electron chi connectivity index (χ4n) is 2.60. The van der Waals surface area contributed by atoms with Gasteiger partial charge in [0.1, 0.15) is 0 Å². The summed E-state index contributed by atoms with van der Waals surface area (Å²) in [5, 5.41) is 12.4. The number of nitrogens with one attached hydrogen (secondary N) is 1. The van der Waals surface area contributed by atoms with Gasteiger partial charge in [-0.15, -0.1) is 5.10 Å². The van der Waals surface area contributed by atoms with Crippen molar-refractivity contribution in [3.05, 3.63) is 34.4 Å². The standard InChI is InChI=1S/C15H17Cl2N5/c1-10-4-3-7-22(9-10)15-20-13(8-18-21-15)19-14-11(16)5-2-6-12(14)17/h2,5-6,8,10H,3-4,7,9H2,1H3,(H,19,20,21). The molecule has 3 rings (SSSR count). The summed E-state index contributed by atoms with van der Waals surface area (Å²) < 4.78 is 0. The van der Waals surface area contributed by atoms with Gasteiger partial charge in [0.25, 0.3) is 0 Å². The van der Waals surface area contributed by atoms with Crippen molar-refractivity contribution in [3.8, 4) is 0 Å². The van der Waals surface area contributed by atoms with Gasteiger partial charge in [-0.3, -0.25) is 0 Å². The number of para-hydroxylation sites is 1. The number of hydrogen-bond acceptors (Lipinski definition) is 5. The zero-order valence-corrected chi connectivity index (χ0v) is 13.8. The van der Waals surface area contributed by atoms with Gasteiger partial charge in [-0.2, -0.15) is 10.1 Å². The quantitative estimate of drug-likeness (QED) is 0.911. The van der Waals surface area contributed by atoms with Crippen molar-refractivity contribution in [2.45, 2.75) is 19.8 Å². The maximum absolute atomic E-state index is 6.17. The number of anilines is 3. The summed E-state index contributed by atoms with van der Waals surface area (Å²) in [6, 6.07) is 5.35. The molecule has 0 aliphatic carbocycles. The summed E-state index contributed by atoms with van der Waals surface area (Å²) >= 11 is 12.3. The van der Waals surface area contributed by atoms with Crippen LogP contribution in [0.25, 0.3) is 0 Å². The second kappa shape index (κ2) is 6.67. The van der Waals surface area contributed by atoms with Crippen molar-refractivity contribution in [1.29, 1.82) is 0 Å². The van der Waals surface area contributed by atoms with Crippen LogP contribution >= 0.6 is 23.2 Å². The number of hydrogen-bond donors (Lipinski definition) is 1. The smallest absolute Gasteiger partial charge is 0.247 e. The Morgan fingerprint density at radius 3 is 2.77 bits per heavy atom. The molecule has 0 radical (unpaired) electrons. The number of piperidine rings is 1. The van der Waals surface area contributed by atoms with Crippen LogP contribution in [0.15, 0.2) is 24.4 Å². The van der Waals surface area contributed by atoms with Gasteiger partial charge >= 0.3 is 0 Å². The summed E-state index contributed by atoms with van der Waals surface area (Å²) in [5.74, 6) is 1.87. The molecule has 0 amide bonds. The number of benzene rings is 1. The molecule has 1 aromatic carbocycles. The third-order valence-corrected chi connectivity index (χ3v) is 4.33. The molecule has 2 heterocycles. The highest BCUT2D eigenvalue weighted by Crippen LogP contribution is 2.32. The maximum atomic E-state index is 6.17. The Balaban J connectivity index is 1.82. The van der Waals surface area contributed by atoms with Crippen LogP contribution in [0.5, 0.6) is 0 Å². The number of rotatable bonds is 3. The molecule has 1 atom stereocenters. The first-order valence-corrected chi connectivity index (χ1v) is 8.05. The molecule has 116 valence electrons. The zero-order chi connectivity index (χ0) is 15.5. The largest absolute Gasteiger partial charge is 0.339 e. The van der Waals surface area contributed by atoms with Gasteiger partial charge in [0.15, 0.2) is 5.82 Å². The maximum Gasteiger partial charge on any atom is 0.247 e. The van der Waals surface area contributed by atoms with Crippen LogP contribution in [0.2, 0.25) is 10.0 Å². The van der Waals surface area contributed by atoms with Crippen molar-refractivity contribution >= 4 is 40.7 Å². The lowest BCUT2D eigenvalue weighted by Gasteiger charge is -2.30. The molecule has 1 aromatic heterocycles. The van der Waals surface area contributed by atoms with Crippen molar-refractivity contribution in [3.63, 3.8) is 0 Å². The van der Waals surface area contributed by atoms with Crippen molar-refractivity contribution in [1.82, 2.24) is 15.2 Å². The number of nitrogens with zero attached hydrogens (tertiary/aromatic N) is 4. The van der Waals surface area contributed by atoms with Crippen LogP contribution < -0.4 is 10.2 Å². The van der Waals surface area contributed by atoms with E-state index in [2.05, 4.69) is 32.3 Å². The fourth-order valence-corrected chi connectivity index (χ4v) is 3.10. The predicted molar refractivity (Wildman–Crippen MR) is 90.2 cm³/mol. The summed E-state index contributed by atoms with van der Waals surface area (Å²) in [6.07, 6.45) is 3.96. The van der Waals surface area contributed by atoms with Crippen molar-refractivity contribution in [2.24, 2.45) is 5.92 Å². The van der Waals surface area contributed by atoms with E-state index in [9.17, 15) is 0 Å². The van der Waals surface area contributed by atoms with Crippen LogP contribution in [-0.4, -0.2) is 28.3 Å². The number of aromatic nitrogens is 3. The lowest BCUT2D eigenvalue weighted by molar-refractivity contribution is 0.441. The molecule has 0 saturated carbocycles. The zero-order valence-electron chi connectivity index (χ0n) is 12.3. The average Bonchev–Trinajstić information content (AvgIpc) is 2.51. The summed E-state index contributed by atoms with van der Waals surface area (Å²) in [4.78, 5) is 6.70. The Labute approximate surface area is 139 Å². The van der Waals surface area contributed by atoms with E-state index in [4.69, 9.17) is 23.2 Å². The molecule has 1 aliphatic rings. The normalized spacial score (nSPS) is 18.3. The first-order chi connectivity index (χ1) is 10.6. The van der Waals surface area contributed by atoms with Crippen LogP contribution in [-0.2, 0) is 0 Å². The first kappa shape index (κ1) is 15.3. The second-order valence-electron chi connectivity index (χ2n) is 5.56. The summed E-state index contributed by atoms with van der Waals surface area (Å²) in [5.41, 5.74) is 0.629. The molecule has 5 nitrogen and oxygen atoms in total. The van der Waals surface area contributed by atoms with E-state index in [1.165, 1.54) is 6.42 Å². The topological polar surface area (TPSA) is 53.9 Å². The molecule has 1 saturated heterocycles. The van der Waals surface area contributed by atoms with E-state index >= 15 is 0 Å². The lowest BCUT2D eigenvalue weighted by atomic mass is 10.0. The molecule has 2 aromatic rings. The Morgan fingerprint density at radius 1 is 1.27 bits per heavy atom. The predicted octanol–water partition coefficient (Wildman–Crippen LogP) is 4.16. The van der Waals surface area contributed by atoms with Gasteiger partial charge < -0.3 is 10.2 Å². The second-order valence-corrected chi connectivity index (χ2v) is 6.37. The SMILES string of the molecule is CC1CCCN(c2nncc(Nc3c(Cl)cccc3Cl)n2)C1. The molecule has 22 heavy (non-hydrogen) atoms. The molecule has 1 unspecified atom stereocenters. The molecule has 1 aliphatic heterocycles. The van der Waals surface area contributed by atoms with E-state index in [1.807, 2.05) is 0 Å². The van der Waals surface area contributed by atoms with Crippen LogP contribution in [0, 0.1) is 5.92 Å². The van der Waals surface area contributed by atoms with Crippen molar-refractivity contribution < 1.29 is 0 Å². The van der Waals surface area contributed by atoms with E-state index in [-0.39, 0.29) is 0 Å². The van der Waals surface area contributed by atoms with Gasteiger partial charge in [-0.1, -0.05) is 36.2 Å². The van der Waals surface area contributed by atoms with E-state index in [1.54, 1.807) is 24.4 Å².